The number of hydrogen-bond donors (Lipinski definition) is 0. The third kappa shape index (κ3) is 4.47. The van der Waals surface area contributed by atoms with Crippen LogP contribution in [0.15, 0.2) is 102 Å². The van der Waals surface area contributed by atoms with E-state index in [1.807, 2.05) is 36.4 Å². The van der Waals surface area contributed by atoms with Crippen LogP contribution in [0, 0.1) is 0 Å². The van der Waals surface area contributed by atoms with Gasteiger partial charge in [-0.1, -0.05) is 84.9 Å². The molecule has 5 aromatic rings. The lowest BCUT2D eigenvalue weighted by Gasteiger charge is -2.18. The number of nitrogens with zero attached hydrogens (tertiary/aromatic N) is 2. The minimum atomic E-state index is -4.80. The number of fused-ring (bicyclic) bond motifs is 1. The minimum Gasteiger partial charge on any atom is -0.224 e. The molecule has 0 aliphatic rings. The average Bonchev–Trinajstić information content (AvgIpc) is 2.87. The zero-order valence-corrected chi connectivity index (χ0v) is 19.8. The third-order valence-corrected chi connectivity index (χ3v) is 6.95. The summed E-state index contributed by atoms with van der Waals surface area (Å²) >= 11 is 0. The lowest BCUT2D eigenvalue weighted by Crippen LogP contribution is -2.14. The summed E-state index contributed by atoms with van der Waals surface area (Å²) in [6.07, 6.45) is -3.72. The summed E-state index contributed by atoms with van der Waals surface area (Å²) in [7, 11) is -3.48. The molecule has 1 aromatic heterocycles. The molecule has 0 radical (unpaired) electrons. The molecule has 180 valence electrons. The van der Waals surface area contributed by atoms with E-state index in [0.29, 0.717) is 22.3 Å². The summed E-state index contributed by atoms with van der Waals surface area (Å²) in [5.74, 6) is -1.27. The zero-order chi connectivity index (χ0) is 25.5. The predicted molar refractivity (Wildman–Crippen MR) is 134 cm³/mol. The lowest BCUT2D eigenvalue weighted by atomic mass is 9.92. The standard InChI is InChI=1S/C28H19F3N2O2S/c1-36(34,35)21-16-14-20(15-17-21)25-24(19-9-3-2-4-10-19)26(33-27(32-25)28(29,30)31)23-13-7-11-18-8-5-6-12-22(18)23/h2-17H,1H3. The molecule has 0 aliphatic heterocycles. The van der Waals surface area contributed by atoms with Crippen molar-refractivity contribution >= 4 is 20.6 Å². The molecule has 0 unspecified atom stereocenters. The lowest BCUT2D eigenvalue weighted by molar-refractivity contribution is -0.144. The van der Waals surface area contributed by atoms with Gasteiger partial charge in [0, 0.05) is 22.9 Å². The second kappa shape index (κ2) is 8.87. The normalized spacial score (nSPS) is 12.1. The Bertz CT molecular complexity index is 1680. The van der Waals surface area contributed by atoms with Crippen LogP contribution < -0.4 is 0 Å². The van der Waals surface area contributed by atoms with Gasteiger partial charge in [0.25, 0.3) is 0 Å². The van der Waals surface area contributed by atoms with Crippen LogP contribution >= 0.6 is 0 Å². The molecule has 8 heteroatoms. The molecule has 0 N–H and O–H groups in total. The number of hydrogen-bond acceptors (Lipinski definition) is 4. The van der Waals surface area contributed by atoms with Crippen molar-refractivity contribution in [3.05, 3.63) is 103 Å². The minimum absolute atomic E-state index is 0.0616. The highest BCUT2D eigenvalue weighted by Gasteiger charge is 2.37. The maximum Gasteiger partial charge on any atom is 0.451 e. The number of benzene rings is 4. The Morgan fingerprint density at radius 3 is 1.94 bits per heavy atom. The second-order valence-corrected chi connectivity index (χ2v) is 10.3. The molecule has 0 saturated heterocycles. The number of halogens is 3. The first kappa shape index (κ1) is 23.7. The fourth-order valence-corrected chi connectivity index (χ4v) is 4.79. The van der Waals surface area contributed by atoms with Crippen molar-refractivity contribution in [2.24, 2.45) is 0 Å². The van der Waals surface area contributed by atoms with Gasteiger partial charge in [0.2, 0.25) is 5.82 Å². The van der Waals surface area contributed by atoms with E-state index in [1.54, 1.807) is 36.4 Å². The molecule has 1 heterocycles. The molecule has 0 atom stereocenters. The molecule has 0 amide bonds. The first-order valence-electron chi connectivity index (χ1n) is 11.0. The first-order chi connectivity index (χ1) is 17.1. The van der Waals surface area contributed by atoms with Gasteiger partial charge >= 0.3 is 6.18 Å². The highest BCUT2D eigenvalue weighted by atomic mass is 32.2. The Balaban J connectivity index is 1.90. The van der Waals surface area contributed by atoms with Crippen molar-refractivity contribution in [1.29, 1.82) is 0 Å². The Morgan fingerprint density at radius 1 is 0.667 bits per heavy atom. The fraction of sp³-hybridized carbons (Fsp3) is 0.0714. The Labute approximate surface area is 206 Å². The number of aromatic nitrogens is 2. The summed E-state index contributed by atoms with van der Waals surface area (Å²) < 4.78 is 66.0. The van der Waals surface area contributed by atoms with Crippen LogP contribution in [0.5, 0.6) is 0 Å². The largest absolute Gasteiger partial charge is 0.451 e. The van der Waals surface area contributed by atoms with Crippen LogP contribution in [0.2, 0.25) is 0 Å². The van der Waals surface area contributed by atoms with Gasteiger partial charge in [0.05, 0.1) is 16.3 Å². The van der Waals surface area contributed by atoms with Gasteiger partial charge in [-0.25, -0.2) is 18.4 Å². The first-order valence-corrected chi connectivity index (χ1v) is 12.9. The Hall–Kier alpha value is -4.04. The van der Waals surface area contributed by atoms with Crippen LogP contribution in [-0.2, 0) is 16.0 Å². The van der Waals surface area contributed by atoms with E-state index >= 15 is 0 Å². The van der Waals surface area contributed by atoms with Crippen LogP contribution in [0.25, 0.3) is 44.4 Å². The van der Waals surface area contributed by atoms with Crippen LogP contribution in [0.1, 0.15) is 5.82 Å². The van der Waals surface area contributed by atoms with Crippen molar-refractivity contribution in [1.82, 2.24) is 9.97 Å². The van der Waals surface area contributed by atoms with Gasteiger partial charge < -0.3 is 0 Å². The molecule has 0 bridgehead atoms. The van der Waals surface area contributed by atoms with Crippen LogP contribution in [-0.4, -0.2) is 24.6 Å². The van der Waals surface area contributed by atoms with Crippen LogP contribution in [0.3, 0.4) is 0 Å². The summed E-state index contributed by atoms with van der Waals surface area (Å²) in [5.41, 5.74) is 2.14. The van der Waals surface area contributed by atoms with Crippen molar-refractivity contribution in [3.63, 3.8) is 0 Å². The van der Waals surface area contributed by atoms with E-state index in [2.05, 4.69) is 9.97 Å². The van der Waals surface area contributed by atoms with Crippen LogP contribution in [0.4, 0.5) is 13.2 Å². The van der Waals surface area contributed by atoms with Gasteiger partial charge in [-0.05, 0) is 28.5 Å². The van der Waals surface area contributed by atoms with E-state index in [-0.39, 0.29) is 16.3 Å². The molecule has 0 saturated carbocycles. The highest BCUT2D eigenvalue weighted by Crippen LogP contribution is 2.42. The number of alkyl halides is 3. The van der Waals surface area contributed by atoms with E-state index in [1.165, 1.54) is 24.3 Å². The van der Waals surface area contributed by atoms with E-state index < -0.39 is 21.8 Å². The van der Waals surface area contributed by atoms with E-state index in [9.17, 15) is 21.6 Å². The third-order valence-electron chi connectivity index (χ3n) is 5.83. The topological polar surface area (TPSA) is 59.9 Å². The predicted octanol–water partition coefficient (Wildman–Crippen LogP) is 7.05. The summed E-state index contributed by atoms with van der Waals surface area (Å²) in [6, 6.07) is 27.5. The fourth-order valence-electron chi connectivity index (χ4n) is 4.16. The smallest absolute Gasteiger partial charge is 0.224 e. The summed E-state index contributed by atoms with van der Waals surface area (Å²) in [4.78, 5) is 8.08. The molecule has 4 aromatic carbocycles. The van der Waals surface area contributed by atoms with Crippen molar-refractivity contribution in [3.8, 4) is 33.6 Å². The van der Waals surface area contributed by atoms with Crippen molar-refractivity contribution < 1.29 is 21.6 Å². The SMILES string of the molecule is CS(=O)(=O)c1ccc(-c2nc(C(F)(F)F)nc(-c3cccc4ccccc34)c2-c2ccccc2)cc1. The van der Waals surface area contributed by atoms with E-state index in [4.69, 9.17) is 0 Å². The van der Waals surface area contributed by atoms with Gasteiger partial charge in [0.1, 0.15) is 0 Å². The van der Waals surface area contributed by atoms with Crippen molar-refractivity contribution in [2.75, 3.05) is 6.26 Å². The Morgan fingerprint density at radius 2 is 1.28 bits per heavy atom. The number of sulfone groups is 1. The zero-order valence-electron chi connectivity index (χ0n) is 19.0. The highest BCUT2D eigenvalue weighted by molar-refractivity contribution is 7.90. The molecule has 0 spiro atoms. The molecule has 0 aliphatic carbocycles. The second-order valence-electron chi connectivity index (χ2n) is 8.31. The van der Waals surface area contributed by atoms with E-state index in [0.717, 1.165) is 17.0 Å². The maximum atomic E-state index is 14.0. The number of rotatable bonds is 4. The molecular weight excluding hydrogens is 485 g/mol. The summed E-state index contributed by atoms with van der Waals surface area (Å²) in [5, 5.41) is 1.61. The van der Waals surface area contributed by atoms with Gasteiger partial charge in [-0.3, -0.25) is 0 Å². The quantitative estimate of drug-likeness (QED) is 0.263. The average molecular weight is 505 g/mol. The van der Waals surface area contributed by atoms with Gasteiger partial charge in [-0.2, -0.15) is 13.2 Å². The molecule has 0 fully saturated rings. The molecule has 4 nitrogen and oxygen atoms in total. The monoisotopic (exact) mass is 504 g/mol. The maximum absolute atomic E-state index is 14.0. The molecule has 5 rings (SSSR count). The Kier molecular flexibility index (Phi) is 5.84. The van der Waals surface area contributed by atoms with Crippen molar-refractivity contribution in [2.45, 2.75) is 11.1 Å². The molecule has 36 heavy (non-hydrogen) atoms. The van der Waals surface area contributed by atoms with Gasteiger partial charge in [0.15, 0.2) is 9.84 Å². The molecular formula is C28H19F3N2O2S. The summed E-state index contributed by atoms with van der Waals surface area (Å²) in [6.45, 7) is 0. The van der Waals surface area contributed by atoms with Gasteiger partial charge in [-0.15, -0.1) is 0 Å².